The second-order valence-electron chi connectivity index (χ2n) is 3.62. The van der Waals surface area contributed by atoms with Crippen molar-refractivity contribution in [1.29, 1.82) is 0 Å². The molecule has 0 aliphatic rings. The lowest BCUT2D eigenvalue weighted by Crippen LogP contribution is -2.41. The standard InChI is InChI=1S/C11H21NO5S/c1-9(13)12-10(11(14)15)8-18-7-3-4-17-6-5-16-2/h10H,3-8H2,1-2H3,(H,12,13)(H,14,15). The van der Waals surface area contributed by atoms with Gasteiger partial charge in [-0.15, -0.1) is 0 Å². The van der Waals surface area contributed by atoms with Gasteiger partial charge in [-0.05, 0) is 12.2 Å². The molecule has 0 aliphatic carbocycles. The third-order valence-electron chi connectivity index (χ3n) is 1.97. The molecule has 0 fully saturated rings. The largest absolute Gasteiger partial charge is 0.480 e. The Morgan fingerprint density at radius 2 is 2.06 bits per heavy atom. The van der Waals surface area contributed by atoms with Crippen LogP contribution in [0.5, 0.6) is 0 Å². The molecule has 0 heterocycles. The topological polar surface area (TPSA) is 84.9 Å². The number of carbonyl (C=O) groups is 2. The first-order valence-electron chi connectivity index (χ1n) is 5.72. The van der Waals surface area contributed by atoms with E-state index in [4.69, 9.17) is 14.6 Å². The molecular formula is C11H21NO5S. The molecule has 2 N–H and O–H groups in total. The molecule has 7 heteroatoms. The minimum atomic E-state index is -1.01. The second-order valence-corrected chi connectivity index (χ2v) is 4.77. The summed E-state index contributed by atoms with van der Waals surface area (Å²) >= 11 is 1.49. The Morgan fingerprint density at radius 3 is 2.61 bits per heavy atom. The number of amides is 1. The summed E-state index contributed by atoms with van der Waals surface area (Å²) < 4.78 is 10.1. The van der Waals surface area contributed by atoms with Gasteiger partial charge in [0.15, 0.2) is 0 Å². The quantitative estimate of drug-likeness (QED) is 0.531. The van der Waals surface area contributed by atoms with Crippen LogP contribution in [0.2, 0.25) is 0 Å². The van der Waals surface area contributed by atoms with E-state index in [1.807, 2.05) is 0 Å². The van der Waals surface area contributed by atoms with Gasteiger partial charge in [0.25, 0.3) is 0 Å². The van der Waals surface area contributed by atoms with Crippen molar-refractivity contribution in [3.8, 4) is 0 Å². The fourth-order valence-electron chi connectivity index (χ4n) is 1.13. The van der Waals surface area contributed by atoms with Gasteiger partial charge in [-0.1, -0.05) is 0 Å². The average Bonchev–Trinajstić information content (AvgIpc) is 2.30. The highest BCUT2D eigenvalue weighted by atomic mass is 32.2. The van der Waals surface area contributed by atoms with Gasteiger partial charge < -0.3 is 19.9 Å². The maximum Gasteiger partial charge on any atom is 0.327 e. The predicted molar refractivity (Wildman–Crippen MR) is 69.9 cm³/mol. The summed E-state index contributed by atoms with van der Waals surface area (Å²) in [6, 6.07) is -0.818. The van der Waals surface area contributed by atoms with Crippen molar-refractivity contribution < 1.29 is 24.2 Å². The highest BCUT2D eigenvalue weighted by Crippen LogP contribution is 2.05. The van der Waals surface area contributed by atoms with Gasteiger partial charge in [0.1, 0.15) is 6.04 Å². The molecule has 0 aromatic heterocycles. The van der Waals surface area contributed by atoms with Crippen LogP contribution in [-0.2, 0) is 19.1 Å². The number of carboxylic acids is 1. The Morgan fingerprint density at radius 1 is 1.33 bits per heavy atom. The van der Waals surface area contributed by atoms with Crippen LogP contribution in [0.25, 0.3) is 0 Å². The number of hydrogen-bond acceptors (Lipinski definition) is 5. The molecule has 0 spiro atoms. The van der Waals surface area contributed by atoms with Crippen molar-refractivity contribution >= 4 is 23.6 Å². The number of methoxy groups -OCH3 is 1. The third-order valence-corrected chi connectivity index (χ3v) is 3.12. The minimum absolute atomic E-state index is 0.328. The van der Waals surface area contributed by atoms with Crippen LogP contribution in [0.15, 0.2) is 0 Å². The zero-order valence-corrected chi connectivity index (χ0v) is 11.6. The van der Waals surface area contributed by atoms with Gasteiger partial charge in [0.2, 0.25) is 5.91 Å². The number of carbonyl (C=O) groups excluding carboxylic acids is 1. The Balaban J connectivity index is 3.49. The lowest BCUT2D eigenvalue weighted by atomic mass is 10.3. The summed E-state index contributed by atoms with van der Waals surface area (Å²) in [5, 5.41) is 11.2. The van der Waals surface area contributed by atoms with Crippen molar-refractivity contribution in [2.45, 2.75) is 19.4 Å². The number of nitrogens with one attached hydrogen (secondary N) is 1. The number of rotatable bonds is 11. The molecule has 0 saturated heterocycles. The fraction of sp³-hybridized carbons (Fsp3) is 0.818. The summed E-state index contributed by atoms with van der Waals surface area (Å²) in [5.41, 5.74) is 0. The third kappa shape index (κ3) is 10.4. The Bertz CT molecular complexity index is 250. The van der Waals surface area contributed by atoms with E-state index in [1.54, 1.807) is 7.11 Å². The summed E-state index contributed by atoms with van der Waals surface area (Å²) in [6.45, 7) is 3.10. The summed E-state index contributed by atoms with van der Waals surface area (Å²) in [5.74, 6) is -0.163. The van der Waals surface area contributed by atoms with Crippen molar-refractivity contribution in [3.63, 3.8) is 0 Å². The molecule has 0 rings (SSSR count). The van der Waals surface area contributed by atoms with E-state index in [-0.39, 0.29) is 5.91 Å². The SMILES string of the molecule is COCCOCCCSCC(NC(C)=O)C(=O)O. The number of carboxylic acid groups (broad SMARTS) is 1. The zero-order valence-electron chi connectivity index (χ0n) is 10.8. The molecule has 0 radical (unpaired) electrons. The highest BCUT2D eigenvalue weighted by molar-refractivity contribution is 7.99. The monoisotopic (exact) mass is 279 g/mol. The van der Waals surface area contributed by atoms with Crippen molar-refractivity contribution in [2.75, 3.05) is 38.4 Å². The normalized spacial score (nSPS) is 12.1. The molecule has 0 saturated carbocycles. The number of aliphatic carboxylic acids is 1. The lowest BCUT2D eigenvalue weighted by molar-refractivity contribution is -0.140. The van der Waals surface area contributed by atoms with E-state index < -0.39 is 12.0 Å². The molecule has 0 aromatic carbocycles. The molecule has 18 heavy (non-hydrogen) atoms. The highest BCUT2D eigenvalue weighted by Gasteiger charge is 2.17. The molecule has 0 bridgehead atoms. The molecular weight excluding hydrogens is 258 g/mol. The van der Waals surface area contributed by atoms with Gasteiger partial charge in [-0.3, -0.25) is 4.79 Å². The van der Waals surface area contributed by atoms with Crippen molar-refractivity contribution in [3.05, 3.63) is 0 Å². The van der Waals surface area contributed by atoms with Gasteiger partial charge in [-0.25, -0.2) is 4.79 Å². The van der Waals surface area contributed by atoms with Gasteiger partial charge in [0.05, 0.1) is 13.2 Å². The molecule has 0 aliphatic heterocycles. The zero-order chi connectivity index (χ0) is 13.8. The van der Waals surface area contributed by atoms with Gasteiger partial charge in [0, 0.05) is 26.4 Å². The van der Waals surface area contributed by atoms with Crippen LogP contribution >= 0.6 is 11.8 Å². The number of hydrogen-bond donors (Lipinski definition) is 2. The second kappa shape index (κ2) is 11.3. The van der Waals surface area contributed by atoms with Crippen LogP contribution in [-0.4, -0.2) is 61.5 Å². The molecule has 0 aromatic rings. The lowest BCUT2D eigenvalue weighted by Gasteiger charge is -2.12. The first-order valence-corrected chi connectivity index (χ1v) is 6.87. The van der Waals surface area contributed by atoms with Crippen LogP contribution < -0.4 is 5.32 Å². The van der Waals surface area contributed by atoms with E-state index in [2.05, 4.69) is 5.32 Å². The van der Waals surface area contributed by atoms with Crippen LogP contribution in [0.1, 0.15) is 13.3 Å². The number of ether oxygens (including phenoxy) is 2. The predicted octanol–water partition coefficient (Wildman–Crippen LogP) is 0.362. The first kappa shape index (κ1) is 17.2. The fourth-order valence-corrected chi connectivity index (χ4v) is 2.08. The Hall–Kier alpha value is -0.790. The maximum atomic E-state index is 10.8. The summed E-state index contributed by atoms with van der Waals surface area (Å²) in [4.78, 5) is 21.6. The van der Waals surface area contributed by atoms with E-state index in [9.17, 15) is 9.59 Å². The minimum Gasteiger partial charge on any atom is -0.480 e. The van der Waals surface area contributed by atoms with E-state index in [0.717, 1.165) is 12.2 Å². The van der Waals surface area contributed by atoms with Crippen LogP contribution in [0.4, 0.5) is 0 Å². The van der Waals surface area contributed by atoms with Crippen molar-refractivity contribution in [2.24, 2.45) is 0 Å². The van der Waals surface area contributed by atoms with Gasteiger partial charge >= 0.3 is 5.97 Å². The molecule has 1 atom stereocenters. The molecule has 1 amide bonds. The van der Waals surface area contributed by atoms with Crippen molar-refractivity contribution in [1.82, 2.24) is 5.32 Å². The molecule has 1 unspecified atom stereocenters. The Labute approximate surface area is 111 Å². The Kier molecular flexibility index (Phi) is 10.8. The first-order chi connectivity index (χ1) is 8.57. The maximum absolute atomic E-state index is 10.8. The summed E-state index contributed by atoms with van der Waals surface area (Å²) in [7, 11) is 1.62. The van der Waals surface area contributed by atoms with Gasteiger partial charge in [-0.2, -0.15) is 11.8 Å². The van der Waals surface area contributed by atoms with E-state index in [0.29, 0.717) is 25.6 Å². The van der Waals surface area contributed by atoms with E-state index in [1.165, 1.54) is 18.7 Å². The number of thioether (sulfide) groups is 1. The van der Waals surface area contributed by atoms with Crippen LogP contribution in [0.3, 0.4) is 0 Å². The summed E-state index contributed by atoms with van der Waals surface area (Å²) in [6.07, 6.45) is 0.848. The smallest absolute Gasteiger partial charge is 0.327 e. The molecule has 6 nitrogen and oxygen atoms in total. The molecule has 106 valence electrons. The van der Waals surface area contributed by atoms with Crippen LogP contribution in [0, 0.1) is 0 Å². The van der Waals surface area contributed by atoms with E-state index >= 15 is 0 Å². The average molecular weight is 279 g/mol.